The maximum atomic E-state index is 12.8. The van der Waals surface area contributed by atoms with Crippen molar-refractivity contribution in [2.45, 2.75) is 13.3 Å². The monoisotopic (exact) mass is 270 g/mol. The lowest BCUT2D eigenvalue weighted by molar-refractivity contribution is -0.385. The zero-order chi connectivity index (χ0) is 14.6. The quantitative estimate of drug-likeness (QED) is 0.476. The predicted molar refractivity (Wildman–Crippen MR) is 58.7 cm³/mol. The maximum absolute atomic E-state index is 12.8. The third-order valence-corrected chi connectivity index (χ3v) is 2.19. The summed E-state index contributed by atoms with van der Waals surface area (Å²) in [6.45, 7) is 1.33. The molecule has 0 radical (unpaired) electrons. The summed E-state index contributed by atoms with van der Waals surface area (Å²) in [5.74, 6) is -1.21. The van der Waals surface area contributed by atoms with E-state index in [2.05, 4.69) is 4.74 Å². The minimum Gasteiger partial charge on any atom is -0.462 e. The summed E-state index contributed by atoms with van der Waals surface area (Å²) < 4.78 is 30.2. The number of carbonyl (C=O) groups excluding carboxylic acids is 1. The van der Waals surface area contributed by atoms with Crippen molar-refractivity contribution in [1.29, 1.82) is 5.26 Å². The molecule has 100 valence electrons. The number of alkyl halides is 2. The fraction of sp³-hybridized carbons (Fsp3) is 0.273. The van der Waals surface area contributed by atoms with E-state index < -0.39 is 34.1 Å². The molecule has 0 saturated heterocycles. The third kappa shape index (κ3) is 3.01. The van der Waals surface area contributed by atoms with E-state index in [1.54, 1.807) is 0 Å². The Morgan fingerprint density at radius 2 is 2.21 bits per heavy atom. The molecule has 0 aromatic heterocycles. The number of nitro groups is 1. The van der Waals surface area contributed by atoms with Gasteiger partial charge >= 0.3 is 5.97 Å². The van der Waals surface area contributed by atoms with Gasteiger partial charge in [0.25, 0.3) is 12.1 Å². The molecule has 8 heteroatoms. The zero-order valence-corrected chi connectivity index (χ0v) is 9.72. The van der Waals surface area contributed by atoms with E-state index in [4.69, 9.17) is 5.26 Å². The molecule has 0 saturated carbocycles. The second kappa shape index (κ2) is 5.86. The van der Waals surface area contributed by atoms with Gasteiger partial charge in [0.05, 0.1) is 23.2 Å². The molecule has 0 aliphatic rings. The number of nitriles is 1. The number of halogens is 2. The highest BCUT2D eigenvalue weighted by molar-refractivity contribution is 5.96. The standard InChI is InChI=1S/C11H8F2N2O4/c1-2-19-11(16)9-7(10(12)13)3-6(5-14)4-8(9)15(17)18/h3-4,10H,2H2,1H3. The van der Waals surface area contributed by atoms with Gasteiger partial charge in [0.15, 0.2) is 0 Å². The van der Waals surface area contributed by atoms with Crippen molar-refractivity contribution < 1.29 is 23.2 Å². The van der Waals surface area contributed by atoms with Crippen LogP contribution in [0.5, 0.6) is 0 Å². The van der Waals surface area contributed by atoms with Gasteiger partial charge in [-0.05, 0) is 13.0 Å². The average Bonchev–Trinajstić information content (AvgIpc) is 2.37. The fourth-order valence-electron chi connectivity index (χ4n) is 1.46. The van der Waals surface area contributed by atoms with E-state index in [0.717, 1.165) is 12.1 Å². The van der Waals surface area contributed by atoms with Crippen molar-refractivity contribution in [2.75, 3.05) is 6.61 Å². The highest BCUT2D eigenvalue weighted by Gasteiger charge is 2.30. The number of rotatable bonds is 4. The predicted octanol–water partition coefficient (Wildman–Crippen LogP) is 2.58. The smallest absolute Gasteiger partial charge is 0.345 e. The van der Waals surface area contributed by atoms with Gasteiger partial charge < -0.3 is 4.74 Å². The number of nitrogens with zero attached hydrogens (tertiary/aromatic N) is 2. The first-order valence-electron chi connectivity index (χ1n) is 5.10. The summed E-state index contributed by atoms with van der Waals surface area (Å²) >= 11 is 0. The van der Waals surface area contributed by atoms with Crippen molar-refractivity contribution in [3.05, 3.63) is 38.9 Å². The average molecular weight is 270 g/mol. The molecule has 0 atom stereocenters. The second-order valence-corrected chi connectivity index (χ2v) is 3.35. The van der Waals surface area contributed by atoms with Crippen LogP contribution in [-0.4, -0.2) is 17.5 Å². The topological polar surface area (TPSA) is 93.2 Å². The number of esters is 1. The van der Waals surface area contributed by atoms with Gasteiger partial charge in [-0.15, -0.1) is 0 Å². The summed E-state index contributed by atoms with van der Waals surface area (Å²) in [5.41, 5.74) is -2.90. The van der Waals surface area contributed by atoms with Crippen molar-refractivity contribution in [3.8, 4) is 6.07 Å². The Morgan fingerprint density at radius 3 is 2.63 bits per heavy atom. The molecule has 19 heavy (non-hydrogen) atoms. The molecule has 0 bridgehead atoms. The van der Waals surface area contributed by atoms with E-state index in [1.165, 1.54) is 13.0 Å². The lowest BCUT2D eigenvalue weighted by atomic mass is 10.0. The summed E-state index contributed by atoms with van der Waals surface area (Å²) in [6.07, 6.45) is -3.13. The highest BCUT2D eigenvalue weighted by atomic mass is 19.3. The number of hydrogen-bond donors (Lipinski definition) is 0. The minimum absolute atomic E-state index is 0.112. The first-order valence-corrected chi connectivity index (χ1v) is 5.10. The van der Waals surface area contributed by atoms with E-state index >= 15 is 0 Å². The van der Waals surface area contributed by atoms with Crippen molar-refractivity contribution in [3.63, 3.8) is 0 Å². The van der Waals surface area contributed by atoms with E-state index in [-0.39, 0.29) is 12.2 Å². The molecule has 0 spiro atoms. The molecule has 0 fully saturated rings. The lowest BCUT2D eigenvalue weighted by Crippen LogP contribution is -2.12. The number of hydrogen-bond acceptors (Lipinski definition) is 5. The Labute approximate surface area is 106 Å². The molecule has 6 nitrogen and oxygen atoms in total. The summed E-state index contributed by atoms with van der Waals surface area (Å²) in [7, 11) is 0. The first-order chi connectivity index (χ1) is 8.92. The number of carbonyl (C=O) groups is 1. The van der Waals surface area contributed by atoms with Crippen LogP contribution in [0.15, 0.2) is 12.1 Å². The molecule has 0 heterocycles. The van der Waals surface area contributed by atoms with E-state index in [0.29, 0.717) is 0 Å². The molecule has 0 aliphatic carbocycles. The maximum Gasteiger partial charge on any atom is 0.345 e. The van der Waals surface area contributed by atoms with E-state index in [9.17, 15) is 23.7 Å². The van der Waals surface area contributed by atoms with Crippen LogP contribution in [0.2, 0.25) is 0 Å². The second-order valence-electron chi connectivity index (χ2n) is 3.35. The zero-order valence-electron chi connectivity index (χ0n) is 9.72. The van der Waals surface area contributed by atoms with Crippen molar-refractivity contribution in [2.24, 2.45) is 0 Å². The molecular formula is C11H8F2N2O4. The molecule has 0 unspecified atom stereocenters. The third-order valence-electron chi connectivity index (χ3n) is 2.19. The first kappa shape index (κ1) is 14.5. The van der Waals surface area contributed by atoms with Crippen molar-refractivity contribution in [1.82, 2.24) is 0 Å². The van der Waals surface area contributed by atoms with Gasteiger partial charge in [-0.1, -0.05) is 0 Å². The highest BCUT2D eigenvalue weighted by Crippen LogP contribution is 2.32. The van der Waals surface area contributed by atoms with Gasteiger partial charge in [0, 0.05) is 11.6 Å². The fourth-order valence-corrected chi connectivity index (χ4v) is 1.46. The molecular weight excluding hydrogens is 262 g/mol. The van der Waals surface area contributed by atoms with Gasteiger partial charge in [0.2, 0.25) is 0 Å². The van der Waals surface area contributed by atoms with Crippen LogP contribution < -0.4 is 0 Å². The Bertz CT molecular complexity index is 567. The summed E-state index contributed by atoms with van der Waals surface area (Å²) in [6, 6.07) is 3.03. The Morgan fingerprint density at radius 1 is 1.58 bits per heavy atom. The van der Waals surface area contributed by atoms with Crippen LogP contribution in [0.1, 0.15) is 34.8 Å². The van der Waals surface area contributed by atoms with Crippen LogP contribution in [0.25, 0.3) is 0 Å². The number of ether oxygens (including phenoxy) is 1. The van der Waals surface area contributed by atoms with Crippen LogP contribution in [0.3, 0.4) is 0 Å². The van der Waals surface area contributed by atoms with Crippen LogP contribution in [0, 0.1) is 21.4 Å². The van der Waals surface area contributed by atoms with Gasteiger partial charge in [0.1, 0.15) is 5.56 Å². The van der Waals surface area contributed by atoms with Crippen LogP contribution in [-0.2, 0) is 4.74 Å². The van der Waals surface area contributed by atoms with Gasteiger partial charge in [-0.25, -0.2) is 13.6 Å². The SMILES string of the molecule is CCOC(=O)c1c(C(F)F)cc(C#N)cc1[N+](=O)[O-]. The minimum atomic E-state index is -3.13. The molecule has 1 rings (SSSR count). The normalized spacial score (nSPS) is 10.1. The number of nitro benzene ring substituents is 1. The molecule has 0 aliphatic heterocycles. The van der Waals surface area contributed by atoms with Crippen LogP contribution in [0.4, 0.5) is 14.5 Å². The van der Waals surface area contributed by atoms with E-state index in [1.807, 2.05) is 0 Å². The molecule has 0 N–H and O–H groups in total. The lowest BCUT2D eigenvalue weighted by Gasteiger charge is -2.09. The number of benzene rings is 1. The Balaban J connectivity index is 3.59. The largest absolute Gasteiger partial charge is 0.462 e. The Hall–Kier alpha value is -2.56. The van der Waals surface area contributed by atoms with Crippen molar-refractivity contribution >= 4 is 11.7 Å². The van der Waals surface area contributed by atoms with Crippen LogP contribution >= 0.6 is 0 Å². The van der Waals surface area contributed by atoms with Gasteiger partial charge in [-0.2, -0.15) is 5.26 Å². The molecule has 0 amide bonds. The molecule has 1 aromatic carbocycles. The molecule has 1 aromatic rings. The Kier molecular flexibility index (Phi) is 4.47. The summed E-state index contributed by atoms with van der Waals surface area (Å²) in [4.78, 5) is 21.4. The van der Waals surface area contributed by atoms with Gasteiger partial charge in [-0.3, -0.25) is 10.1 Å². The summed E-state index contributed by atoms with van der Waals surface area (Å²) in [5, 5.41) is 19.5.